The summed E-state index contributed by atoms with van der Waals surface area (Å²) in [4.78, 5) is 0. The summed E-state index contributed by atoms with van der Waals surface area (Å²) in [7, 11) is 1.76. The minimum Gasteiger partial charge on any atom is -0.267 e. The Hall–Kier alpha value is -1.64. The average Bonchev–Trinajstić information content (AvgIpc) is 2.70. The Morgan fingerprint density at radius 3 is 2.84 bits per heavy atom. The molecule has 1 aromatic heterocycles. The highest BCUT2D eigenvalue weighted by molar-refractivity contribution is 9.10. The van der Waals surface area contributed by atoms with Gasteiger partial charge in [-0.05, 0) is 39.7 Å². The van der Waals surface area contributed by atoms with Gasteiger partial charge in [0.1, 0.15) is 5.82 Å². The fourth-order valence-electron chi connectivity index (χ4n) is 1.56. The molecule has 0 aliphatic carbocycles. The highest BCUT2D eigenvalue weighted by Gasteiger charge is 2.09. The van der Waals surface area contributed by atoms with Crippen molar-refractivity contribution in [2.24, 2.45) is 7.05 Å². The normalized spacial score (nSPS) is 11.4. The molecule has 1 aromatic carbocycles. The van der Waals surface area contributed by atoms with Gasteiger partial charge in [0.05, 0.1) is 33.0 Å². The summed E-state index contributed by atoms with van der Waals surface area (Å²) in [6, 6.07) is 6.31. The summed E-state index contributed by atoms with van der Waals surface area (Å²) in [5.41, 5.74) is 1.53. The van der Waals surface area contributed by atoms with Crippen molar-refractivity contribution < 1.29 is 4.39 Å². The molecule has 96 valence electrons. The molecule has 0 fully saturated rings. The zero-order chi connectivity index (χ0) is 14.0. The van der Waals surface area contributed by atoms with Crippen molar-refractivity contribution in [3.05, 3.63) is 51.0 Å². The molecule has 6 heteroatoms. The first-order valence-corrected chi connectivity index (χ1v) is 6.44. The molecule has 0 N–H and O–H groups in total. The number of hydrogen-bond donors (Lipinski definition) is 0. The second kappa shape index (κ2) is 5.55. The molecule has 0 saturated heterocycles. The van der Waals surface area contributed by atoms with Crippen LogP contribution in [0, 0.1) is 17.1 Å². The molecule has 0 amide bonds. The molecule has 3 nitrogen and oxygen atoms in total. The van der Waals surface area contributed by atoms with Gasteiger partial charge >= 0.3 is 0 Å². The fourth-order valence-corrected chi connectivity index (χ4v) is 2.14. The molecule has 2 aromatic rings. The van der Waals surface area contributed by atoms with Crippen molar-refractivity contribution in [1.82, 2.24) is 9.78 Å². The number of nitriles is 1. The minimum absolute atomic E-state index is 0.0303. The number of halogens is 3. The van der Waals surface area contributed by atoms with E-state index in [-0.39, 0.29) is 5.02 Å². The molecule has 0 saturated carbocycles. The summed E-state index contributed by atoms with van der Waals surface area (Å²) in [5, 5.41) is 13.3. The van der Waals surface area contributed by atoms with Gasteiger partial charge in [-0.3, -0.25) is 4.68 Å². The summed E-state index contributed by atoms with van der Waals surface area (Å²) in [6.07, 6.45) is 3.27. The van der Waals surface area contributed by atoms with Gasteiger partial charge in [0, 0.05) is 7.05 Å². The van der Waals surface area contributed by atoms with Crippen LogP contribution < -0.4 is 0 Å². The molecule has 19 heavy (non-hydrogen) atoms. The van der Waals surface area contributed by atoms with E-state index >= 15 is 0 Å². The lowest BCUT2D eigenvalue weighted by molar-refractivity contribution is 0.628. The van der Waals surface area contributed by atoms with E-state index in [9.17, 15) is 9.65 Å². The minimum atomic E-state index is -0.551. The van der Waals surface area contributed by atoms with Crippen LogP contribution in [0.3, 0.4) is 0 Å². The molecular formula is C13H8BrClFN3. The van der Waals surface area contributed by atoms with Crippen molar-refractivity contribution >= 4 is 39.2 Å². The maximum atomic E-state index is 13.4. The highest BCUT2D eigenvalue weighted by atomic mass is 79.9. The van der Waals surface area contributed by atoms with Crippen molar-refractivity contribution in [2.75, 3.05) is 0 Å². The Labute approximate surface area is 123 Å². The Morgan fingerprint density at radius 1 is 1.58 bits per heavy atom. The Balaban J connectivity index is 2.51. The third kappa shape index (κ3) is 2.86. The SMILES string of the molecule is Cn1ncc(Br)c1/C=C(\C#N)c1ccc(Cl)c(F)c1. The first kappa shape index (κ1) is 13.8. The third-order valence-electron chi connectivity index (χ3n) is 2.57. The number of nitrogens with zero attached hydrogens (tertiary/aromatic N) is 3. The lowest BCUT2D eigenvalue weighted by Gasteiger charge is -2.02. The van der Waals surface area contributed by atoms with Gasteiger partial charge in [-0.15, -0.1) is 0 Å². The summed E-state index contributed by atoms with van der Waals surface area (Å²) < 4.78 is 15.8. The van der Waals surface area contributed by atoms with Crippen LogP contribution in [0.2, 0.25) is 5.02 Å². The van der Waals surface area contributed by atoms with Crippen LogP contribution in [-0.4, -0.2) is 9.78 Å². The Kier molecular flexibility index (Phi) is 4.03. The third-order valence-corrected chi connectivity index (χ3v) is 3.49. The van der Waals surface area contributed by atoms with Gasteiger partial charge in [-0.25, -0.2) is 4.39 Å². The molecule has 0 aliphatic heterocycles. The Bertz CT molecular complexity index is 681. The Morgan fingerprint density at radius 2 is 2.32 bits per heavy atom. The number of allylic oxidation sites excluding steroid dienone is 1. The first-order chi connectivity index (χ1) is 9.02. The molecule has 2 rings (SSSR count). The lowest BCUT2D eigenvalue weighted by atomic mass is 10.1. The van der Waals surface area contributed by atoms with Gasteiger partial charge in [-0.2, -0.15) is 10.4 Å². The van der Waals surface area contributed by atoms with Crippen LogP contribution in [-0.2, 0) is 7.05 Å². The predicted octanol–water partition coefficient (Wildman–Crippen LogP) is 4.04. The predicted molar refractivity (Wildman–Crippen MR) is 75.8 cm³/mol. The highest BCUT2D eigenvalue weighted by Crippen LogP contribution is 2.25. The zero-order valence-electron chi connectivity index (χ0n) is 9.86. The molecule has 1 heterocycles. The largest absolute Gasteiger partial charge is 0.267 e. The topological polar surface area (TPSA) is 41.6 Å². The average molecular weight is 341 g/mol. The molecule has 0 radical (unpaired) electrons. The van der Waals surface area contributed by atoms with Crippen LogP contribution in [0.25, 0.3) is 11.6 Å². The molecule has 0 unspecified atom stereocenters. The quantitative estimate of drug-likeness (QED) is 0.774. The standard InChI is InChI=1S/C13H8BrClFN3/c1-19-13(10(14)7-18-19)5-9(6-17)8-2-3-11(15)12(16)4-8/h2-5,7H,1H3/b9-5+. The van der Waals surface area contributed by atoms with Crippen molar-refractivity contribution in [2.45, 2.75) is 0 Å². The second-order valence-electron chi connectivity index (χ2n) is 3.80. The molecule has 0 spiro atoms. The fraction of sp³-hybridized carbons (Fsp3) is 0.0769. The monoisotopic (exact) mass is 339 g/mol. The van der Waals surface area contributed by atoms with Crippen LogP contribution in [0.4, 0.5) is 4.39 Å². The maximum absolute atomic E-state index is 13.4. The molecule has 0 atom stereocenters. The number of hydrogen-bond acceptors (Lipinski definition) is 2. The summed E-state index contributed by atoms with van der Waals surface area (Å²) in [5.74, 6) is -0.551. The van der Waals surface area contributed by atoms with Gasteiger partial charge in [-0.1, -0.05) is 17.7 Å². The van der Waals surface area contributed by atoms with Gasteiger partial charge in [0.25, 0.3) is 0 Å². The van der Waals surface area contributed by atoms with E-state index in [1.807, 2.05) is 6.07 Å². The van der Waals surface area contributed by atoms with E-state index in [0.29, 0.717) is 11.1 Å². The number of aryl methyl sites for hydroxylation is 1. The smallest absolute Gasteiger partial charge is 0.142 e. The lowest BCUT2D eigenvalue weighted by Crippen LogP contribution is -1.94. The summed E-state index contributed by atoms with van der Waals surface area (Å²) in [6.45, 7) is 0. The number of aromatic nitrogens is 2. The molecule has 0 bridgehead atoms. The van der Waals surface area contributed by atoms with Gasteiger partial charge < -0.3 is 0 Å². The van der Waals surface area contributed by atoms with Crippen molar-refractivity contribution in [3.8, 4) is 6.07 Å². The van der Waals surface area contributed by atoms with Gasteiger partial charge in [0.15, 0.2) is 0 Å². The maximum Gasteiger partial charge on any atom is 0.142 e. The zero-order valence-corrected chi connectivity index (χ0v) is 12.2. The van der Waals surface area contributed by atoms with Crippen molar-refractivity contribution in [3.63, 3.8) is 0 Å². The van der Waals surface area contributed by atoms with Gasteiger partial charge in [0.2, 0.25) is 0 Å². The first-order valence-electron chi connectivity index (χ1n) is 5.27. The van der Waals surface area contributed by atoms with E-state index in [2.05, 4.69) is 21.0 Å². The van der Waals surface area contributed by atoms with E-state index in [1.54, 1.807) is 30.1 Å². The van der Waals surface area contributed by atoms with E-state index in [4.69, 9.17) is 11.6 Å². The molecule has 0 aliphatic rings. The van der Waals surface area contributed by atoms with Crippen molar-refractivity contribution in [1.29, 1.82) is 5.26 Å². The van der Waals surface area contributed by atoms with Crippen LogP contribution in [0.5, 0.6) is 0 Å². The van der Waals surface area contributed by atoms with E-state index in [0.717, 1.165) is 10.2 Å². The number of benzene rings is 1. The van der Waals surface area contributed by atoms with Crippen LogP contribution in [0.15, 0.2) is 28.9 Å². The van der Waals surface area contributed by atoms with Crippen LogP contribution in [0.1, 0.15) is 11.3 Å². The van der Waals surface area contributed by atoms with E-state index < -0.39 is 5.82 Å². The van der Waals surface area contributed by atoms with E-state index in [1.165, 1.54) is 12.1 Å². The molecular weight excluding hydrogens is 333 g/mol. The number of rotatable bonds is 2. The second-order valence-corrected chi connectivity index (χ2v) is 5.06. The van der Waals surface area contributed by atoms with Crippen LogP contribution >= 0.6 is 27.5 Å². The summed E-state index contributed by atoms with van der Waals surface area (Å²) >= 11 is 8.96.